The second-order valence-electron chi connectivity index (χ2n) is 5.80. The van der Waals surface area contributed by atoms with Gasteiger partial charge in [-0.05, 0) is 37.6 Å². The van der Waals surface area contributed by atoms with Gasteiger partial charge in [0.2, 0.25) is 5.91 Å². The number of nitrogens with zero attached hydrogens (tertiary/aromatic N) is 2. The van der Waals surface area contributed by atoms with Crippen molar-refractivity contribution in [1.29, 1.82) is 0 Å². The second-order valence-corrected chi connectivity index (χ2v) is 6.24. The summed E-state index contributed by atoms with van der Waals surface area (Å²) in [6, 6.07) is 6.90. The number of rotatable bonds is 8. The van der Waals surface area contributed by atoms with E-state index in [4.69, 9.17) is 21.1 Å². The number of carbonyl (C=O) groups excluding carboxylic acids is 2. The van der Waals surface area contributed by atoms with Gasteiger partial charge in [-0.3, -0.25) is 9.59 Å². The van der Waals surface area contributed by atoms with E-state index in [1.54, 1.807) is 29.2 Å². The molecule has 0 spiro atoms. The number of carbonyl (C=O) groups is 2. The van der Waals surface area contributed by atoms with Gasteiger partial charge in [0.25, 0.3) is 5.91 Å². The molecule has 0 saturated carbocycles. The average molecular weight is 369 g/mol. The summed E-state index contributed by atoms with van der Waals surface area (Å²) in [6.07, 6.45) is 1.23. The van der Waals surface area contributed by atoms with E-state index in [1.165, 1.54) is 0 Å². The highest BCUT2D eigenvalue weighted by Gasteiger charge is 2.24. The zero-order chi connectivity index (χ0) is 18.1. The maximum absolute atomic E-state index is 12.2. The lowest BCUT2D eigenvalue weighted by atomic mass is 10.2. The van der Waals surface area contributed by atoms with Crippen molar-refractivity contribution < 1.29 is 19.1 Å². The fourth-order valence-electron chi connectivity index (χ4n) is 2.60. The molecule has 25 heavy (non-hydrogen) atoms. The van der Waals surface area contributed by atoms with Crippen LogP contribution in [0.15, 0.2) is 24.3 Å². The number of benzene rings is 1. The van der Waals surface area contributed by atoms with Gasteiger partial charge in [0.05, 0.1) is 0 Å². The van der Waals surface area contributed by atoms with Crippen molar-refractivity contribution in [1.82, 2.24) is 9.80 Å². The van der Waals surface area contributed by atoms with Gasteiger partial charge in [-0.2, -0.15) is 0 Å². The van der Waals surface area contributed by atoms with Crippen LogP contribution in [0.4, 0.5) is 0 Å². The minimum absolute atomic E-state index is 0.00998. The Labute approximate surface area is 153 Å². The molecule has 6 nitrogen and oxygen atoms in total. The van der Waals surface area contributed by atoms with Crippen molar-refractivity contribution in [2.75, 3.05) is 46.0 Å². The maximum Gasteiger partial charge on any atom is 0.260 e. The second kappa shape index (κ2) is 10.3. The van der Waals surface area contributed by atoms with Crippen molar-refractivity contribution in [3.63, 3.8) is 0 Å². The topological polar surface area (TPSA) is 59.1 Å². The molecule has 1 aromatic rings. The van der Waals surface area contributed by atoms with Crippen LogP contribution in [0.25, 0.3) is 0 Å². The van der Waals surface area contributed by atoms with Gasteiger partial charge in [0.1, 0.15) is 5.75 Å². The van der Waals surface area contributed by atoms with Gasteiger partial charge in [-0.25, -0.2) is 0 Å². The highest BCUT2D eigenvalue weighted by atomic mass is 35.5. The number of piperazine rings is 1. The zero-order valence-corrected chi connectivity index (χ0v) is 15.3. The van der Waals surface area contributed by atoms with Crippen molar-refractivity contribution in [3.05, 3.63) is 29.3 Å². The molecule has 1 aliphatic rings. The molecule has 0 aromatic heterocycles. The summed E-state index contributed by atoms with van der Waals surface area (Å²) >= 11 is 5.81. The summed E-state index contributed by atoms with van der Waals surface area (Å²) in [6.45, 7) is 5.44. The SMILES string of the molecule is CCOCCCC(=O)N1CCN(C(=O)COc2ccc(Cl)cc2)CC1. The van der Waals surface area contributed by atoms with Crippen LogP contribution in [0.3, 0.4) is 0 Å². The third kappa shape index (κ3) is 6.55. The molecule has 1 heterocycles. The van der Waals surface area contributed by atoms with Crippen LogP contribution in [0, 0.1) is 0 Å². The summed E-state index contributed by atoms with van der Waals surface area (Å²) in [5.41, 5.74) is 0. The molecule has 0 bridgehead atoms. The monoisotopic (exact) mass is 368 g/mol. The first-order valence-corrected chi connectivity index (χ1v) is 8.99. The highest BCUT2D eigenvalue weighted by molar-refractivity contribution is 6.30. The molecule has 1 fully saturated rings. The molecule has 1 aliphatic heterocycles. The van der Waals surface area contributed by atoms with Gasteiger partial charge in [-0.1, -0.05) is 11.6 Å². The molecule has 2 amide bonds. The summed E-state index contributed by atoms with van der Waals surface area (Å²) in [4.78, 5) is 27.9. The molecule has 0 radical (unpaired) electrons. The van der Waals surface area contributed by atoms with Crippen LogP contribution in [0.2, 0.25) is 5.02 Å². The van der Waals surface area contributed by atoms with Crippen LogP contribution < -0.4 is 4.74 Å². The highest BCUT2D eigenvalue weighted by Crippen LogP contribution is 2.15. The molecule has 0 N–H and O–H groups in total. The van der Waals surface area contributed by atoms with Crippen molar-refractivity contribution in [2.24, 2.45) is 0 Å². The Morgan fingerprint density at radius 1 is 1.04 bits per heavy atom. The fourth-order valence-corrected chi connectivity index (χ4v) is 2.73. The Morgan fingerprint density at radius 3 is 2.24 bits per heavy atom. The summed E-state index contributed by atoms with van der Waals surface area (Å²) in [7, 11) is 0. The third-order valence-corrected chi connectivity index (χ3v) is 4.30. The number of amides is 2. The summed E-state index contributed by atoms with van der Waals surface area (Å²) in [5, 5.41) is 0.626. The lowest BCUT2D eigenvalue weighted by molar-refractivity contribution is -0.140. The molecule has 2 rings (SSSR count). The minimum Gasteiger partial charge on any atom is -0.484 e. The number of hydrogen-bond donors (Lipinski definition) is 0. The molecule has 0 unspecified atom stereocenters. The maximum atomic E-state index is 12.2. The fraction of sp³-hybridized carbons (Fsp3) is 0.556. The first kappa shape index (κ1) is 19.5. The first-order valence-electron chi connectivity index (χ1n) is 8.62. The smallest absolute Gasteiger partial charge is 0.260 e. The first-order chi connectivity index (χ1) is 12.1. The number of ether oxygens (including phenoxy) is 2. The Bertz CT molecular complexity index is 557. The Balaban J connectivity index is 1.67. The normalized spacial score (nSPS) is 14.5. The average Bonchev–Trinajstić information content (AvgIpc) is 2.64. The largest absolute Gasteiger partial charge is 0.484 e. The van der Waals surface area contributed by atoms with Crippen molar-refractivity contribution >= 4 is 23.4 Å². The van der Waals surface area contributed by atoms with E-state index >= 15 is 0 Å². The lowest BCUT2D eigenvalue weighted by Gasteiger charge is -2.34. The molecule has 0 atom stereocenters. The molecule has 1 saturated heterocycles. The molecular formula is C18H25ClN2O4. The lowest BCUT2D eigenvalue weighted by Crippen LogP contribution is -2.51. The van der Waals surface area contributed by atoms with Crippen molar-refractivity contribution in [3.8, 4) is 5.75 Å². The summed E-state index contributed by atoms with van der Waals surface area (Å²) in [5.74, 6) is 0.670. The van der Waals surface area contributed by atoms with Gasteiger partial charge < -0.3 is 19.3 Å². The van der Waals surface area contributed by atoms with E-state index < -0.39 is 0 Å². The predicted octanol–water partition coefficient (Wildman–Crippen LogP) is 2.21. The molecular weight excluding hydrogens is 344 g/mol. The minimum atomic E-state index is -0.0709. The molecule has 7 heteroatoms. The van der Waals surface area contributed by atoms with Crippen LogP contribution in [-0.2, 0) is 14.3 Å². The zero-order valence-electron chi connectivity index (χ0n) is 14.6. The Morgan fingerprint density at radius 2 is 1.64 bits per heavy atom. The van der Waals surface area contributed by atoms with Gasteiger partial charge >= 0.3 is 0 Å². The van der Waals surface area contributed by atoms with E-state index in [0.29, 0.717) is 56.6 Å². The van der Waals surface area contributed by atoms with Gasteiger partial charge in [0, 0.05) is 50.8 Å². The summed E-state index contributed by atoms with van der Waals surface area (Å²) < 4.78 is 10.7. The van der Waals surface area contributed by atoms with Crippen LogP contribution in [0.5, 0.6) is 5.75 Å². The number of halogens is 1. The Kier molecular flexibility index (Phi) is 8.01. The third-order valence-electron chi connectivity index (χ3n) is 4.04. The van der Waals surface area contributed by atoms with Crippen LogP contribution in [0.1, 0.15) is 19.8 Å². The van der Waals surface area contributed by atoms with E-state index in [0.717, 1.165) is 6.42 Å². The van der Waals surface area contributed by atoms with E-state index in [9.17, 15) is 9.59 Å². The van der Waals surface area contributed by atoms with Gasteiger partial charge in [0.15, 0.2) is 6.61 Å². The molecule has 138 valence electrons. The van der Waals surface area contributed by atoms with Gasteiger partial charge in [-0.15, -0.1) is 0 Å². The number of hydrogen-bond acceptors (Lipinski definition) is 4. The van der Waals surface area contributed by atoms with E-state index in [2.05, 4.69) is 0 Å². The standard InChI is InChI=1S/C18H25ClN2O4/c1-2-24-13-3-4-17(22)20-9-11-21(12-10-20)18(23)14-25-16-7-5-15(19)6-8-16/h5-8H,2-4,9-14H2,1H3. The Hall–Kier alpha value is -1.79. The molecule has 0 aliphatic carbocycles. The van der Waals surface area contributed by atoms with Crippen molar-refractivity contribution in [2.45, 2.75) is 19.8 Å². The van der Waals surface area contributed by atoms with Crippen LogP contribution in [-0.4, -0.2) is 67.6 Å². The van der Waals surface area contributed by atoms with Crippen LogP contribution >= 0.6 is 11.6 Å². The molecule has 1 aromatic carbocycles. The predicted molar refractivity (Wildman–Crippen MR) is 95.8 cm³/mol. The van der Waals surface area contributed by atoms with E-state index in [1.807, 2.05) is 11.8 Å². The van der Waals surface area contributed by atoms with E-state index in [-0.39, 0.29) is 18.4 Å². The quantitative estimate of drug-likeness (QED) is 0.660.